The third kappa shape index (κ3) is 6.52. The second kappa shape index (κ2) is 9.54. The Morgan fingerprint density at radius 3 is 2.39 bits per heavy atom. The second-order valence-electron chi connectivity index (χ2n) is 6.97. The molecule has 0 spiro atoms. The number of amides is 3. The van der Waals surface area contributed by atoms with Gasteiger partial charge >= 0.3 is 0 Å². The van der Waals surface area contributed by atoms with Gasteiger partial charge in [-0.1, -0.05) is 32.0 Å². The standard InChI is InChI=1S/C18H25N3O6S/c1-12(2)16(19-15(22)10-27-14-6-4-3-5-7-14)18(24)21-20-17(23)13-8-9-28(25,26)11-13/h3-7,12-13,16H,8-11H2,1-2H3,(H,19,22)(H,20,23)(H,21,24)/t13-,16-/m0/s1. The number of carbonyl (C=O) groups is 3. The molecule has 1 aliphatic rings. The molecule has 1 saturated heterocycles. The van der Waals surface area contributed by atoms with Gasteiger partial charge in [-0.3, -0.25) is 25.2 Å². The van der Waals surface area contributed by atoms with Gasteiger partial charge in [-0.2, -0.15) is 0 Å². The molecule has 1 aromatic rings. The van der Waals surface area contributed by atoms with E-state index in [-0.39, 0.29) is 30.5 Å². The molecule has 154 valence electrons. The molecular weight excluding hydrogens is 386 g/mol. The van der Waals surface area contributed by atoms with Gasteiger partial charge in [-0.25, -0.2) is 8.42 Å². The lowest BCUT2D eigenvalue weighted by Crippen LogP contribution is -2.55. The number of benzene rings is 1. The zero-order valence-electron chi connectivity index (χ0n) is 15.8. The van der Waals surface area contributed by atoms with E-state index in [0.717, 1.165) is 0 Å². The third-order valence-corrected chi connectivity index (χ3v) is 6.06. The fourth-order valence-corrected chi connectivity index (χ4v) is 4.46. The van der Waals surface area contributed by atoms with E-state index in [4.69, 9.17) is 4.74 Å². The maximum absolute atomic E-state index is 12.3. The molecule has 2 rings (SSSR count). The minimum atomic E-state index is -3.20. The number of hydrogen-bond donors (Lipinski definition) is 3. The van der Waals surface area contributed by atoms with E-state index < -0.39 is 39.5 Å². The lowest BCUT2D eigenvalue weighted by Gasteiger charge is -2.22. The Labute approximate surface area is 164 Å². The molecule has 0 unspecified atom stereocenters. The summed E-state index contributed by atoms with van der Waals surface area (Å²) in [6.07, 6.45) is 0.227. The van der Waals surface area contributed by atoms with Crippen LogP contribution in [0.2, 0.25) is 0 Å². The fraction of sp³-hybridized carbons (Fsp3) is 0.500. The Morgan fingerprint density at radius 1 is 1.14 bits per heavy atom. The zero-order valence-corrected chi connectivity index (χ0v) is 16.6. The molecule has 0 radical (unpaired) electrons. The van der Waals surface area contributed by atoms with Crippen molar-refractivity contribution in [1.29, 1.82) is 0 Å². The van der Waals surface area contributed by atoms with Crippen LogP contribution in [0.1, 0.15) is 20.3 Å². The van der Waals surface area contributed by atoms with Crippen LogP contribution in [0.25, 0.3) is 0 Å². The van der Waals surface area contributed by atoms with E-state index in [0.29, 0.717) is 5.75 Å². The molecule has 1 aromatic carbocycles. The largest absolute Gasteiger partial charge is 0.484 e. The number of carbonyl (C=O) groups excluding carboxylic acids is 3. The first-order valence-corrected chi connectivity index (χ1v) is 10.8. The monoisotopic (exact) mass is 411 g/mol. The molecular formula is C18H25N3O6S. The van der Waals surface area contributed by atoms with Crippen LogP contribution >= 0.6 is 0 Å². The highest BCUT2D eigenvalue weighted by Gasteiger charge is 2.33. The van der Waals surface area contributed by atoms with Crippen molar-refractivity contribution in [3.05, 3.63) is 30.3 Å². The first-order chi connectivity index (χ1) is 13.2. The first-order valence-electron chi connectivity index (χ1n) is 8.95. The van der Waals surface area contributed by atoms with Gasteiger partial charge in [-0.05, 0) is 24.5 Å². The minimum absolute atomic E-state index is 0.0366. The van der Waals surface area contributed by atoms with Crippen molar-refractivity contribution in [3.8, 4) is 5.75 Å². The number of sulfone groups is 1. The van der Waals surface area contributed by atoms with Gasteiger partial charge in [0.05, 0.1) is 17.4 Å². The molecule has 9 nitrogen and oxygen atoms in total. The van der Waals surface area contributed by atoms with Gasteiger partial charge in [0.15, 0.2) is 16.4 Å². The van der Waals surface area contributed by atoms with Crippen LogP contribution in [0.4, 0.5) is 0 Å². The summed E-state index contributed by atoms with van der Waals surface area (Å²) in [4.78, 5) is 36.4. The quantitative estimate of drug-likeness (QED) is 0.532. The molecule has 1 aliphatic heterocycles. The Bertz CT molecular complexity index is 810. The predicted octanol–water partition coefficient (Wildman–Crippen LogP) is -0.212. The van der Waals surface area contributed by atoms with Crippen molar-refractivity contribution < 1.29 is 27.5 Å². The summed E-state index contributed by atoms with van der Waals surface area (Å²) in [6, 6.07) is 7.89. The van der Waals surface area contributed by atoms with Gasteiger partial charge in [0.1, 0.15) is 11.8 Å². The van der Waals surface area contributed by atoms with Gasteiger partial charge in [0.25, 0.3) is 11.8 Å². The summed E-state index contributed by atoms with van der Waals surface area (Å²) in [7, 11) is -3.20. The average Bonchev–Trinajstić information content (AvgIpc) is 3.02. The van der Waals surface area contributed by atoms with E-state index in [1.54, 1.807) is 38.1 Å². The van der Waals surface area contributed by atoms with Gasteiger partial charge < -0.3 is 10.1 Å². The van der Waals surface area contributed by atoms with E-state index in [9.17, 15) is 22.8 Å². The van der Waals surface area contributed by atoms with Crippen molar-refractivity contribution in [2.45, 2.75) is 26.3 Å². The topological polar surface area (TPSA) is 131 Å². The SMILES string of the molecule is CC(C)[C@H](NC(=O)COc1ccccc1)C(=O)NNC(=O)[C@H]1CCS(=O)(=O)C1. The lowest BCUT2D eigenvalue weighted by molar-refractivity contribution is -0.134. The number of hydrazine groups is 1. The number of nitrogens with one attached hydrogen (secondary N) is 3. The lowest BCUT2D eigenvalue weighted by atomic mass is 10.0. The number of rotatable bonds is 7. The van der Waals surface area contributed by atoms with Crippen LogP contribution in [0.15, 0.2) is 30.3 Å². The van der Waals surface area contributed by atoms with Gasteiger partial charge in [0, 0.05) is 0 Å². The summed E-state index contributed by atoms with van der Waals surface area (Å²) >= 11 is 0. The van der Waals surface area contributed by atoms with E-state index in [1.165, 1.54) is 0 Å². The zero-order chi connectivity index (χ0) is 20.7. The summed E-state index contributed by atoms with van der Waals surface area (Å²) in [5.74, 6) is -2.30. The van der Waals surface area contributed by atoms with Crippen LogP contribution in [0, 0.1) is 11.8 Å². The maximum Gasteiger partial charge on any atom is 0.261 e. The van der Waals surface area contributed by atoms with Crippen LogP contribution in [-0.4, -0.2) is 50.3 Å². The normalized spacial score (nSPS) is 18.9. The van der Waals surface area contributed by atoms with Crippen molar-refractivity contribution in [2.24, 2.45) is 11.8 Å². The molecule has 3 N–H and O–H groups in total. The highest BCUT2D eigenvalue weighted by molar-refractivity contribution is 7.91. The highest BCUT2D eigenvalue weighted by atomic mass is 32.2. The van der Waals surface area contributed by atoms with Gasteiger partial charge in [0.2, 0.25) is 5.91 Å². The van der Waals surface area contributed by atoms with Crippen molar-refractivity contribution >= 4 is 27.6 Å². The second-order valence-corrected chi connectivity index (χ2v) is 9.20. The Balaban J connectivity index is 1.82. The van der Waals surface area contributed by atoms with Crippen LogP contribution in [-0.2, 0) is 24.2 Å². The molecule has 0 saturated carbocycles. The Hall–Kier alpha value is -2.62. The highest BCUT2D eigenvalue weighted by Crippen LogP contribution is 2.18. The molecule has 1 fully saturated rings. The molecule has 28 heavy (non-hydrogen) atoms. The summed E-state index contributed by atoms with van der Waals surface area (Å²) < 4.78 is 28.2. The van der Waals surface area contributed by atoms with Crippen LogP contribution in [0.5, 0.6) is 5.75 Å². The van der Waals surface area contributed by atoms with Crippen LogP contribution in [0.3, 0.4) is 0 Å². The average molecular weight is 411 g/mol. The molecule has 0 aromatic heterocycles. The molecule has 1 heterocycles. The molecule has 3 amide bonds. The van der Waals surface area contributed by atoms with E-state index >= 15 is 0 Å². The van der Waals surface area contributed by atoms with E-state index in [2.05, 4.69) is 16.2 Å². The minimum Gasteiger partial charge on any atom is -0.484 e. The van der Waals surface area contributed by atoms with E-state index in [1.807, 2.05) is 6.07 Å². The van der Waals surface area contributed by atoms with Gasteiger partial charge in [-0.15, -0.1) is 0 Å². The smallest absolute Gasteiger partial charge is 0.261 e. The number of para-hydroxylation sites is 1. The van der Waals surface area contributed by atoms with Crippen molar-refractivity contribution in [2.75, 3.05) is 18.1 Å². The molecule has 2 atom stereocenters. The summed E-state index contributed by atoms with van der Waals surface area (Å²) in [5.41, 5.74) is 4.50. The maximum atomic E-state index is 12.3. The molecule has 0 aliphatic carbocycles. The Kier molecular flexibility index (Phi) is 7.38. The summed E-state index contributed by atoms with van der Waals surface area (Å²) in [6.45, 7) is 3.23. The number of ether oxygens (including phenoxy) is 1. The summed E-state index contributed by atoms with van der Waals surface area (Å²) in [5, 5.41) is 2.57. The Morgan fingerprint density at radius 2 is 1.82 bits per heavy atom. The fourth-order valence-electron chi connectivity index (χ4n) is 2.72. The molecule has 10 heteroatoms. The first kappa shape index (κ1) is 21.7. The van der Waals surface area contributed by atoms with Crippen LogP contribution < -0.4 is 20.9 Å². The van der Waals surface area contributed by atoms with Crippen molar-refractivity contribution in [3.63, 3.8) is 0 Å². The molecule has 0 bridgehead atoms. The van der Waals surface area contributed by atoms with Crippen molar-refractivity contribution in [1.82, 2.24) is 16.2 Å². The number of hydrogen-bond acceptors (Lipinski definition) is 6. The predicted molar refractivity (Wildman–Crippen MR) is 102 cm³/mol. The third-order valence-electron chi connectivity index (χ3n) is 4.29.